The number of hydrogen-bond acceptors (Lipinski definition) is 4. The summed E-state index contributed by atoms with van der Waals surface area (Å²) in [6.45, 7) is 2.40. The molecule has 6 heteroatoms. The Kier molecular flexibility index (Phi) is 3.87. The third-order valence-electron chi connectivity index (χ3n) is 2.65. The highest BCUT2D eigenvalue weighted by Gasteiger charge is 2.41. The van der Waals surface area contributed by atoms with E-state index in [2.05, 4.69) is 4.98 Å². The van der Waals surface area contributed by atoms with E-state index in [-0.39, 0.29) is 12.2 Å². The van der Waals surface area contributed by atoms with Gasteiger partial charge in [-0.05, 0) is 26.0 Å². The Morgan fingerprint density at radius 2 is 2.06 bits per heavy atom. The quantitative estimate of drug-likeness (QED) is 0.847. The van der Waals surface area contributed by atoms with Crippen molar-refractivity contribution < 1.29 is 18.3 Å². The highest BCUT2D eigenvalue weighted by molar-refractivity contribution is 7.93. The summed E-state index contributed by atoms with van der Waals surface area (Å²) in [7, 11) is -3.70. The monoisotopic (exact) mass is 257 g/mol. The highest BCUT2D eigenvalue weighted by atomic mass is 32.2. The van der Waals surface area contributed by atoms with Gasteiger partial charge in [0, 0.05) is 18.3 Å². The fourth-order valence-corrected chi connectivity index (χ4v) is 2.43. The first-order valence-corrected chi connectivity index (χ1v) is 6.78. The van der Waals surface area contributed by atoms with Crippen LogP contribution in [0.4, 0.5) is 0 Å². The van der Waals surface area contributed by atoms with Crippen molar-refractivity contribution in [2.24, 2.45) is 0 Å². The normalized spacial score (nSPS) is 12.4. The van der Waals surface area contributed by atoms with Gasteiger partial charge < -0.3 is 5.11 Å². The van der Waals surface area contributed by atoms with Gasteiger partial charge in [-0.3, -0.25) is 9.78 Å². The van der Waals surface area contributed by atoms with Gasteiger partial charge in [-0.15, -0.1) is 0 Å². The van der Waals surface area contributed by atoms with E-state index in [4.69, 9.17) is 5.11 Å². The van der Waals surface area contributed by atoms with Gasteiger partial charge in [-0.2, -0.15) is 0 Å². The fourth-order valence-electron chi connectivity index (χ4n) is 1.17. The molecule has 0 fully saturated rings. The van der Waals surface area contributed by atoms with Crippen LogP contribution in [0.1, 0.15) is 19.5 Å². The molecule has 0 spiro atoms. The van der Waals surface area contributed by atoms with Crippen LogP contribution in [0.25, 0.3) is 0 Å². The average Bonchev–Trinajstić information content (AvgIpc) is 2.27. The second-order valence-electron chi connectivity index (χ2n) is 4.21. The summed E-state index contributed by atoms with van der Waals surface area (Å²) in [4.78, 5) is 14.9. The van der Waals surface area contributed by atoms with Gasteiger partial charge in [-0.25, -0.2) is 8.42 Å². The number of sulfone groups is 1. The van der Waals surface area contributed by atoms with Crippen LogP contribution in [0.2, 0.25) is 0 Å². The molecule has 0 aromatic carbocycles. The lowest BCUT2D eigenvalue weighted by molar-refractivity contribution is -0.139. The molecule has 0 aliphatic carbocycles. The topological polar surface area (TPSA) is 84.3 Å². The van der Waals surface area contributed by atoms with Crippen LogP contribution in [0.5, 0.6) is 0 Å². The first-order valence-electron chi connectivity index (χ1n) is 5.13. The molecule has 5 nitrogen and oxygen atoms in total. The number of nitrogens with zero attached hydrogens (tertiary/aromatic N) is 1. The minimum atomic E-state index is -3.70. The molecular weight excluding hydrogens is 242 g/mol. The highest BCUT2D eigenvalue weighted by Crippen LogP contribution is 2.18. The molecule has 0 saturated carbocycles. The van der Waals surface area contributed by atoms with E-state index in [9.17, 15) is 13.2 Å². The SMILES string of the molecule is CC(C)(C(=O)O)S(=O)(=O)CCc1ccccn1. The molecule has 1 N–H and O–H groups in total. The number of carbonyl (C=O) groups is 1. The third-order valence-corrected chi connectivity index (χ3v) is 5.12. The number of hydrogen-bond donors (Lipinski definition) is 1. The molecule has 1 aromatic heterocycles. The van der Waals surface area contributed by atoms with Crippen LogP contribution in [-0.4, -0.2) is 35.0 Å². The minimum Gasteiger partial charge on any atom is -0.480 e. The maximum atomic E-state index is 11.9. The van der Waals surface area contributed by atoms with Gasteiger partial charge in [-0.1, -0.05) is 6.07 Å². The van der Waals surface area contributed by atoms with E-state index < -0.39 is 20.6 Å². The smallest absolute Gasteiger partial charge is 0.324 e. The number of aliphatic carboxylic acids is 1. The molecule has 1 aromatic rings. The summed E-state index contributed by atoms with van der Waals surface area (Å²) >= 11 is 0. The molecule has 0 aliphatic heterocycles. The maximum Gasteiger partial charge on any atom is 0.324 e. The van der Waals surface area contributed by atoms with Crippen molar-refractivity contribution in [1.29, 1.82) is 0 Å². The van der Waals surface area contributed by atoms with Gasteiger partial charge in [0.25, 0.3) is 0 Å². The summed E-state index contributed by atoms with van der Waals surface area (Å²) in [6, 6.07) is 5.21. The predicted octanol–water partition coefficient (Wildman–Crippen LogP) is 0.902. The second kappa shape index (κ2) is 4.83. The van der Waals surface area contributed by atoms with E-state index in [0.717, 1.165) is 0 Å². The first-order chi connectivity index (χ1) is 7.77. The average molecular weight is 257 g/mol. The second-order valence-corrected chi connectivity index (χ2v) is 6.86. The van der Waals surface area contributed by atoms with Gasteiger partial charge in [0.2, 0.25) is 0 Å². The number of carboxylic acid groups (broad SMARTS) is 1. The number of pyridine rings is 1. The van der Waals surface area contributed by atoms with Crippen molar-refractivity contribution >= 4 is 15.8 Å². The van der Waals surface area contributed by atoms with E-state index in [1.54, 1.807) is 24.4 Å². The molecule has 0 radical (unpaired) electrons. The van der Waals surface area contributed by atoms with Crippen molar-refractivity contribution in [3.05, 3.63) is 30.1 Å². The Hall–Kier alpha value is -1.43. The molecule has 0 bridgehead atoms. The predicted molar refractivity (Wildman–Crippen MR) is 63.4 cm³/mol. The van der Waals surface area contributed by atoms with Gasteiger partial charge in [0.1, 0.15) is 0 Å². The van der Waals surface area contributed by atoms with Crippen molar-refractivity contribution in [3.63, 3.8) is 0 Å². The molecule has 1 heterocycles. The Labute approximate surface area is 100 Å². The standard InChI is InChI=1S/C11H15NO4S/c1-11(2,10(13)14)17(15,16)8-6-9-5-3-4-7-12-9/h3-5,7H,6,8H2,1-2H3,(H,13,14). The van der Waals surface area contributed by atoms with E-state index in [1.807, 2.05) is 0 Å². The Morgan fingerprint density at radius 3 is 2.53 bits per heavy atom. The molecule has 1 rings (SSSR count). The van der Waals surface area contributed by atoms with Crippen LogP contribution < -0.4 is 0 Å². The molecule has 94 valence electrons. The Morgan fingerprint density at radius 1 is 1.41 bits per heavy atom. The van der Waals surface area contributed by atoms with Crippen LogP contribution in [-0.2, 0) is 21.1 Å². The fraction of sp³-hybridized carbons (Fsp3) is 0.455. The van der Waals surface area contributed by atoms with Crippen molar-refractivity contribution in [2.75, 3.05) is 5.75 Å². The van der Waals surface area contributed by atoms with Crippen LogP contribution >= 0.6 is 0 Å². The van der Waals surface area contributed by atoms with E-state index >= 15 is 0 Å². The van der Waals surface area contributed by atoms with Crippen LogP contribution in [0.3, 0.4) is 0 Å². The van der Waals surface area contributed by atoms with Crippen LogP contribution in [0.15, 0.2) is 24.4 Å². The van der Waals surface area contributed by atoms with Gasteiger partial charge >= 0.3 is 5.97 Å². The molecule has 0 atom stereocenters. The first kappa shape index (κ1) is 13.6. The summed E-state index contributed by atoms with van der Waals surface area (Å²) in [5.41, 5.74) is 0.636. The maximum absolute atomic E-state index is 11.9. The molecule has 0 saturated heterocycles. The lowest BCUT2D eigenvalue weighted by Crippen LogP contribution is -2.42. The molecule has 17 heavy (non-hydrogen) atoms. The zero-order valence-corrected chi connectivity index (χ0v) is 10.6. The van der Waals surface area contributed by atoms with Crippen molar-refractivity contribution in [3.8, 4) is 0 Å². The zero-order chi connectivity index (χ0) is 13.1. The van der Waals surface area contributed by atoms with Crippen molar-refractivity contribution in [2.45, 2.75) is 25.0 Å². The zero-order valence-electron chi connectivity index (χ0n) is 9.75. The van der Waals surface area contributed by atoms with E-state index in [0.29, 0.717) is 5.69 Å². The molecule has 0 aliphatic rings. The summed E-state index contributed by atoms with van der Waals surface area (Å²) in [5.74, 6) is -1.55. The van der Waals surface area contributed by atoms with E-state index in [1.165, 1.54) is 13.8 Å². The third kappa shape index (κ3) is 3.03. The van der Waals surface area contributed by atoms with Gasteiger partial charge in [0.15, 0.2) is 14.6 Å². The molecular formula is C11H15NO4S. The number of aromatic nitrogens is 1. The van der Waals surface area contributed by atoms with Gasteiger partial charge in [0.05, 0.1) is 5.75 Å². The Balaban J connectivity index is 2.79. The summed E-state index contributed by atoms with van der Waals surface area (Å²) < 4.78 is 22.0. The summed E-state index contributed by atoms with van der Waals surface area (Å²) in [5, 5.41) is 8.88. The largest absolute Gasteiger partial charge is 0.480 e. The molecule has 0 amide bonds. The number of carboxylic acids is 1. The number of aryl methyl sites for hydroxylation is 1. The molecule has 0 unspecified atom stereocenters. The lowest BCUT2D eigenvalue weighted by Gasteiger charge is -2.19. The minimum absolute atomic E-state index is 0.219. The summed E-state index contributed by atoms with van der Waals surface area (Å²) in [6.07, 6.45) is 1.80. The number of rotatable bonds is 5. The Bertz CT molecular complexity index is 493. The van der Waals surface area contributed by atoms with Crippen molar-refractivity contribution in [1.82, 2.24) is 4.98 Å². The van der Waals surface area contributed by atoms with Crippen LogP contribution in [0, 0.1) is 0 Å². The lowest BCUT2D eigenvalue weighted by atomic mass is 10.2.